The van der Waals surface area contributed by atoms with Gasteiger partial charge in [-0.05, 0) is 0 Å². The second-order valence-electron chi connectivity index (χ2n) is 0.565. The molecule has 0 spiro atoms. The molecule has 0 unspecified atom stereocenters. The Labute approximate surface area is 89.7 Å². The molecule has 12 heavy (non-hydrogen) atoms. The molecule has 0 bridgehead atoms. The molecule has 0 saturated carbocycles. The summed E-state index contributed by atoms with van der Waals surface area (Å²) in [7, 11) is 0. The maximum absolute atomic E-state index is 8.56. The van der Waals surface area contributed by atoms with Crippen molar-refractivity contribution in [2.75, 3.05) is 0 Å². The van der Waals surface area contributed by atoms with Crippen LogP contribution >= 0.6 is 0 Å². The van der Waals surface area contributed by atoms with E-state index in [-0.39, 0.29) is 47.2 Å². The van der Waals surface area contributed by atoms with Crippen LogP contribution in [0.3, 0.4) is 0 Å². The van der Waals surface area contributed by atoms with Crippen LogP contribution in [0.4, 0.5) is 9.59 Å². The molecule has 0 aromatic rings. The van der Waals surface area contributed by atoms with Crippen LogP contribution in [0.25, 0.3) is 0 Å². The molecule has 0 rings (SSSR count). The van der Waals surface area contributed by atoms with E-state index in [0.717, 1.165) is 0 Å². The van der Waals surface area contributed by atoms with Crippen LogP contribution in [0.15, 0.2) is 0 Å². The zero-order valence-corrected chi connectivity index (χ0v) is 4.61. The molecule has 0 aliphatic heterocycles. The summed E-state index contributed by atoms with van der Waals surface area (Å²) in [6.45, 7) is 0. The van der Waals surface area contributed by atoms with Gasteiger partial charge in [0.1, 0.15) is 0 Å². The van der Waals surface area contributed by atoms with Gasteiger partial charge in [0.2, 0.25) is 0 Å². The molecular weight excluding hydrogens is 186 g/mol. The fourth-order valence-corrected chi connectivity index (χ4v) is 0. The number of carboxylic acid groups (broad SMARTS) is 4. The first-order valence-electron chi connectivity index (χ1n) is 1.30. The van der Waals surface area contributed by atoms with E-state index in [1.807, 2.05) is 0 Å². The number of hydrogen-bond donors (Lipinski definition) is 4. The van der Waals surface area contributed by atoms with Crippen LogP contribution in [-0.4, -0.2) is 79.9 Å². The Morgan fingerprint density at radius 2 is 0.750 bits per heavy atom. The number of carbonyl (C=O) groups is 2. The number of hydrogen-bond acceptors (Lipinski definition) is 2. The van der Waals surface area contributed by atoms with E-state index in [0.29, 0.717) is 0 Å². The van der Waals surface area contributed by atoms with Gasteiger partial charge in [0.25, 0.3) is 0 Å². The second-order valence-corrected chi connectivity index (χ2v) is 0.565. The van der Waals surface area contributed by atoms with E-state index in [1.165, 1.54) is 0 Å². The Hall–Kier alpha value is -0.410. The van der Waals surface area contributed by atoms with Crippen LogP contribution in [0.2, 0.25) is 0 Å². The normalized spacial score (nSPS) is 4.00. The van der Waals surface area contributed by atoms with Gasteiger partial charge in [0, 0.05) is 0 Å². The molecule has 0 aliphatic carbocycles. The Bertz CT molecular complexity index is 75.1. The fraction of sp³-hybridized carbons (Fsp3) is 0. The van der Waals surface area contributed by atoms with Gasteiger partial charge in [-0.3, -0.25) is 0 Å². The molecule has 8 nitrogen and oxygen atoms in total. The molecule has 0 atom stereocenters. The molecule has 0 aromatic heterocycles. The van der Waals surface area contributed by atoms with Crippen molar-refractivity contribution in [3.8, 4) is 0 Å². The summed E-state index contributed by atoms with van der Waals surface area (Å²) in [5.41, 5.74) is 0. The van der Waals surface area contributed by atoms with E-state index in [4.69, 9.17) is 30.0 Å². The molecule has 0 amide bonds. The average Bonchev–Trinajstić information content (AvgIpc) is 1.25. The predicted molar refractivity (Wildman–Crippen MR) is 45.6 cm³/mol. The van der Waals surface area contributed by atoms with Crippen LogP contribution in [0, 0.1) is 0 Å². The van der Waals surface area contributed by atoms with Crippen LogP contribution in [0.1, 0.15) is 0 Å². The van der Waals surface area contributed by atoms with Crippen molar-refractivity contribution in [1.29, 1.82) is 0 Å². The molecule has 10 heteroatoms. The van der Waals surface area contributed by atoms with Crippen molar-refractivity contribution < 1.29 is 41.0 Å². The van der Waals surface area contributed by atoms with Gasteiger partial charge >= 0.3 is 31.2 Å². The predicted octanol–water partition coefficient (Wildman–Crippen LogP) is -3.04. The Morgan fingerprint density at radius 3 is 0.750 bits per heavy atom. The van der Waals surface area contributed by atoms with Crippen molar-refractivity contribution in [2.24, 2.45) is 0 Å². The molecule has 0 heterocycles. The first-order chi connectivity index (χ1) is 3.46. The Kier molecular flexibility index (Phi) is 108. The monoisotopic (exact) mass is 198 g/mol. The standard InChI is InChI=1S/2CH2O3.Al.Li.2H2O.4H/c2*2-1(3)4;;;;;;;;/h2*(H2,2,3,4);;;2*1H2;;;;. The molecule has 72 valence electrons. The first-order valence-corrected chi connectivity index (χ1v) is 1.30. The minimum atomic E-state index is -1.83. The summed E-state index contributed by atoms with van der Waals surface area (Å²) in [5, 5.41) is 27.9. The van der Waals surface area contributed by atoms with Gasteiger partial charge < -0.3 is 31.4 Å². The van der Waals surface area contributed by atoms with E-state index in [2.05, 4.69) is 0 Å². The third-order valence-electron chi connectivity index (χ3n) is 0. The van der Waals surface area contributed by atoms with Crippen molar-refractivity contribution in [2.45, 2.75) is 0 Å². The summed E-state index contributed by atoms with van der Waals surface area (Å²) in [6, 6.07) is 0. The molecule has 8 N–H and O–H groups in total. The van der Waals surface area contributed by atoms with Gasteiger partial charge in [-0.2, -0.15) is 0 Å². The molecule has 0 aliphatic rings. The number of rotatable bonds is 0. The van der Waals surface area contributed by atoms with Crippen molar-refractivity contribution in [3.63, 3.8) is 0 Å². The van der Waals surface area contributed by atoms with Crippen molar-refractivity contribution in [1.82, 2.24) is 0 Å². The summed E-state index contributed by atoms with van der Waals surface area (Å²) in [4.78, 5) is 17.1. The third-order valence-corrected chi connectivity index (χ3v) is 0. The van der Waals surface area contributed by atoms with E-state index in [9.17, 15) is 0 Å². The van der Waals surface area contributed by atoms with Crippen LogP contribution in [-0.2, 0) is 0 Å². The van der Waals surface area contributed by atoms with Crippen LogP contribution in [0.5, 0.6) is 0 Å². The summed E-state index contributed by atoms with van der Waals surface area (Å²) in [5.74, 6) is 0. The first kappa shape index (κ1) is 41.6. The van der Waals surface area contributed by atoms with Gasteiger partial charge in [0.15, 0.2) is 17.4 Å². The van der Waals surface area contributed by atoms with Crippen LogP contribution < -0.4 is 0 Å². The van der Waals surface area contributed by atoms with Crippen molar-refractivity contribution in [3.05, 3.63) is 0 Å². The molecule has 0 saturated heterocycles. The fourth-order valence-electron chi connectivity index (χ4n) is 0. The third kappa shape index (κ3) is 4210. The topological polar surface area (TPSA) is 178 Å². The summed E-state index contributed by atoms with van der Waals surface area (Å²) < 4.78 is 0. The minimum absolute atomic E-state index is 0. The maximum atomic E-state index is 8.56. The Balaban J connectivity index is -0.0000000112. The van der Waals surface area contributed by atoms with Gasteiger partial charge in [-0.25, -0.2) is 9.59 Å². The molecule has 0 fully saturated rings. The molecule has 0 radical (unpaired) electrons. The van der Waals surface area contributed by atoms with Gasteiger partial charge in [0.05, 0.1) is 0 Å². The van der Waals surface area contributed by atoms with Gasteiger partial charge in [-0.1, -0.05) is 0 Å². The molecule has 0 aromatic carbocycles. The second kappa shape index (κ2) is 31.2. The summed E-state index contributed by atoms with van der Waals surface area (Å²) >= 11 is 0. The SMILES string of the molecule is O.O.O=C(O)O.O=C(O)O.[AlH3].[LiH]. The zero-order chi connectivity index (χ0) is 7.15. The summed E-state index contributed by atoms with van der Waals surface area (Å²) in [6.07, 6.45) is -3.67. The van der Waals surface area contributed by atoms with E-state index >= 15 is 0 Å². The van der Waals surface area contributed by atoms with Crippen molar-refractivity contribution >= 4 is 48.5 Å². The zero-order valence-electron chi connectivity index (χ0n) is 4.61. The quantitative estimate of drug-likeness (QED) is 0.300. The Morgan fingerprint density at radius 1 is 0.750 bits per heavy atom. The van der Waals surface area contributed by atoms with E-state index in [1.54, 1.807) is 0 Å². The van der Waals surface area contributed by atoms with E-state index < -0.39 is 12.3 Å². The van der Waals surface area contributed by atoms with Gasteiger partial charge in [-0.15, -0.1) is 0 Å². The average molecular weight is 198 g/mol. The molecular formula is C2H12AlLiO8.